The molecule has 1 aromatic heterocycles. The average molecular weight is 326 g/mol. The summed E-state index contributed by atoms with van der Waals surface area (Å²) >= 11 is 0. The second kappa shape index (κ2) is 8.91. The summed E-state index contributed by atoms with van der Waals surface area (Å²) in [5, 5.41) is 6.60. The number of guanidine groups is 1. The Morgan fingerprint density at radius 1 is 1.12 bits per heavy atom. The van der Waals surface area contributed by atoms with Crippen LogP contribution in [0.1, 0.15) is 29.4 Å². The Kier molecular flexibility index (Phi) is 6.61. The predicted molar refractivity (Wildman–Crippen MR) is 98.4 cm³/mol. The van der Waals surface area contributed by atoms with Gasteiger partial charge in [-0.05, 0) is 44.5 Å². The Hall–Kier alpha value is -2.56. The molecule has 1 aromatic carbocycles. The van der Waals surface area contributed by atoms with Gasteiger partial charge in [0.15, 0.2) is 5.96 Å². The Morgan fingerprint density at radius 2 is 1.92 bits per heavy atom. The lowest BCUT2D eigenvalue weighted by Gasteiger charge is -2.15. The Labute approximate surface area is 144 Å². The molecule has 0 bridgehead atoms. The van der Waals surface area contributed by atoms with Gasteiger partial charge >= 0.3 is 0 Å². The normalized spacial score (nSPS) is 11.2. The number of aryl methyl sites for hydroxylation is 2. The number of ether oxygens (including phenoxy) is 1. The fraction of sp³-hybridized carbons (Fsp3) is 0.368. The van der Waals surface area contributed by atoms with Gasteiger partial charge in [-0.25, -0.2) is 0 Å². The summed E-state index contributed by atoms with van der Waals surface area (Å²) in [4.78, 5) is 8.74. The Bertz CT molecular complexity index is 698. The van der Waals surface area contributed by atoms with Crippen molar-refractivity contribution < 1.29 is 4.74 Å². The summed E-state index contributed by atoms with van der Waals surface area (Å²) in [6.45, 7) is 7.99. The van der Waals surface area contributed by atoms with Crippen LogP contribution in [0.5, 0.6) is 5.75 Å². The molecule has 0 spiro atoms. The van der Waals surface area contributed by atoms with E-state index in [0.29, 0.717) is 19.7 Å². The molecule has 128 valence electrons. The zero-order chi connectivity index (χ0) is 17.4. The zero-order valence-corrected chi connectivity index (χ0v) is 14.9. The summed E-state index contributed by atoms with van der Waals surface area (Å²) in [5.41, 5.74) is 4.30. The smallest absolute Gasteiger partial charge is 0.191 e. The van der Waals surface area contributed by atoms with Crippen molar-refractivity contribution in [3.63, 3.8) is 0 Å². The van der Waals surface area contributed by atoms with Crippen molar-refractivity contribution in [1.82, 2.24) is 15.6 Å². The Balaban J connectivity index is 1.94. The van der Waals surface area contributed by atoms with Gasteiger partial charge in [0.1, 0.15) is 5.75 Å². The van der Waals surface area contributed by atoms with E-state index in [0.717, 1.165) is 28.7 Å². The molecule has 0 radical (unpaired) electrons. The molecule has 0 aliphatic carbocycles. The highest BCUT2D eigenvalue weighted by molar-refractivity contribution is 5.79. The first-order valence-corrected chi connectivity index (χ1v) is 8.21. The molecule has 2 rings (SSSR count). The Morgan fingerprint density at radius 3 is 2.62 bits per heavy atom. The molecular weight excluding hydrogens is 300 g/mol. The number of rotatable bonds is 6. The minimum absolute atomic E-state index is 0.633. The highest BCUT2D eigenvalue weighted by Gasteiger charge is 2.05. The lowest BCUT2D eigenvalue weighted by atomic mass is 10.1. The van der Waals surface area contributed by atoms with E-state index < -0.39 is 0 Å². The molecular formula is C19H26N4O. The fourth-order valence-electron chi connectivity index (χ4n) is 2.37. The van der Waals surface area contributed by atoms with Crippen LogP contribution in [0.2, 0.25) is 0 Å². The van der Waals surface area contributed by atoms with Crippen molar-refractivity contribution in [3.8, 4) is 5.75 Å². The molecule has 0 saturated carbocycles. The van der Waals surface area contributed by atoms with Gasteiger partial charge in [-0.1, -0.05) is 18.2 Å². The maximum absolute atomic E-state index is 5.72. The maximum Gasteiger partial charge on any atom is 0.191 e. The number of aliphatic imine (C=N–C) groups is 1. The van der Waals surface area contributed by atoms with E-state index in [9.17, 15) is 0 Å². The van der Waals surface area contributed by atoms with Crippen LogP contribution in [0.3, 0.4) is 0 Å². The first-order chi connectivity index (χ1) is 11.6. The van der Waals surface area contributed by atoms with Gasteiger partial charge in [-0.2, -0.15) is 0 Å². The summed E-state index contributed by atoms with van der Waals surface area (Å²) in [5.74, 6) is 1.65. The topological polar surface area (TPSA) is 58.5 Å². The van der Waals surface area contributed by atoms with E-state index in [4.69, 9.17) is 4.74 Å². The van der Waals surface area contributed by atoms with Gasteiger partial charge in [0.2, 0.25) is 0 Å². The SMILES string of the molecule is CCOc1cc(C)ccc1CNC(=NC)NCc1cccc(C)n1. The van der Waals surface area contributed by atoms with Crippen LogP contribution < -0.4 is 15.4 Å². The quantitative estimate of drug-likeness (QED) is 0.633. The van der Waals surface area contributed by atoms with Gasteiger partial charge in [0.05, 0.1) is 18.8 Å². The average Bonchev–Trinajstić information content (AvgIpc) is 2.57. The van der Waals surface area contributed by atoms with Crippen LogP contribution in [0, 0.1) is 13.8 Å². The molecule has 0 aliphatic rings. The van der Waals surface area contributed by atoms with Gasteiger partial charge in [0, 0.05) is 24.8 Å². The molecule has 0 aliphatic heterocycles. The fourth-order valence-corrected chi connectivity index (χ4v) is 2.37. The lowest BCUT2D eigenvalue weighted by molar-refractivity contribution is 0.336. The second-order valence-corrected chi connectivity index (χ2v) is 5.59. The molecule has 0 unspecified atom stereocenters. The number of hydrogen-bond donors (Lipinski definition) is 2. The number of aromatic nitrogens is 1. The van der Waals surface area contributed by atoms with E-state index in [1.807, 2.05) is 32.0 Å². The van der Waals surface area contributed by atoms with Gasteiger partial charge < -0.3 is 15.4 Å². The second-order valence-electron chi connectivity index (χ2n) is 5.59. The largest absolute Gasteiger partial charge is 0.494 e. The summed E-state index contributed by atoms with van der Waals surface area (Å²) in [7, 11) is 1.76. The van der Waals surface area contributed by atoms with Gasteiger partial charge in [-0.3, -0.25) is 9.98 Å². The van der Waals surface area contributed by atoms with Crippen molar-refractivity contribution in [2.75, 3.05) is 13.7 Å². The van der Waals surface area contributed by atoms with Crippen LogP contribution >= 0.6 is 0 Å². The number of nitrogens with one attached hydrogen (secondary N) is 2. The predicted octanol–water partition coefficient (Wildman–Crippen LogP) is 2.96. The third-order valence-electron chi connectivity index (χ3n) is 3.58. The maximum atomic E-state index is 5.72. The molecule has 2 aromatic rings. The molecule has 5 heteroatoms. The monoisotopic (exact) mass is 326 g/mol. The molecule has 0 fully saturated rings. The number of nitrogens with zero attached hydrogens (tertiary/aromatic N) is 2. The highest BCUT2D eigenvalue weighted by atomic mass is 16.5. The van der Waals surface area contributed by atoms with E-state index in [1.54, 1.807) is 7.05 Å². The third kappa shape index (κ3) is 5.26. The minimum Gasteiger partial charge on any atom is -0.494 e. The molecule has 0 atom stereocenters. The van der Waals surface area contributed by atoms with Crippen molar-refractivity contribution in [2.45, 2.75) is 33.9 Å². The van der Waals surface area contributed by atoms with Crippen LogP contribution in [-0.2, 0) is 13.1 Å². The first kappa shape index (κ1) is 17.8. The van der Waals surface area contributed by atoms with Crippen molar-refractivity contribution in [2.24, 2.45) is 4.99 Å². The molecule has 0 saturated heterocycles. The van der Waals surface area contributed by atoms with Gasteiger partial charge in [0.25, 0.3) is 0 Å². The summed E-state index contributed by atoms with van der Waals surface area (Å²) in [6.07, 6.45) is 0. The zero-order valence-electron chi connectivity index (χ0n) is 14.9. The third-order valence-corrected chi connectivity index (χ3v) is 3.58. The number of pyridine rings is 1. The standard InChI is InChI=1S/C19H26N4O/c1-5-24-18-11-14(2)9-10-16(18)12-21-19(20-4)22-13-17-8-6-7-15(3)23-17/h6-11H,5,12-13H2,1-4H3,(H2,20,21,22). The van der Waals surface area contributed by atoms with Crippen LogP contribution in [0.15, 0.2) is 41.4 Å². The van der Waals surface area contributed by atoms with Crippen molar-refractivity contribution in [1.29, 1.82) is 0 Å². The molecule has 24 heavy (non-hydrogen) atoms. The lowest BCUT2D eigenvalue weighted by Crippen LogP contribution is -2.36. The molecule has 0 amide bonds. The van der Waals surface area contributed by atoms with E-state index in [1.165, 1.54) is 5.56 Å². The first-order valence-electron chi connectivity index (χ1n) is 8.21. The molecule has 1 heterocycles. The molecule has 5 nitrogen and oxygen atoms in total. The minimum atomic E-state index is 0.633. The van der Waals surface area contributed by atoms with E-state index in [2.05, 4.69) is 45.7 Å². The van der Waals surface area contributed by atoms with E-state index in [-0.39, 0.29) is 0 Å². The number of hydrogen-bond acceptors (Lipinski definition) is 3. The summed E-state index contributed by atoms with van der Waals surface area (Å²) in [6, 6.07) is 12.2. The van der Waals surface area contributed by atoms with Crippen LogP contribution in [0.25, 0.3) is 0 Å². The van der Waals surface area contributed by atoms with Crippen molar-refractivity contribution >= 4 is 5.96 Å². The number of benzene rings is 1. The van der Waals surface area contributed by atoms with Gasteiger partial charge in [-0.15, -0.1) is 0 Å². The van der Waals surface area contributed by atoms with E-state index >= 15 is 0 Å². The summed E-state index contributed by atoms with van der Waals surface area (Å²) < 4.78 is 5.72. The van der Waals surface area contributed by atoms with Crippen molar-refractivity contribution in [3.05, 3.63) is 58.9 Å². The van der Waals surface area contributed by atoms with Crippen LogP contribution in [0.4, 0.5) is 0 Å². The molecule has 2 N–H and O–H groups in total. The van der Waals surface area contributed by atoms with Crippen LogP contribution in [-0.4, -0.2) is 24.6 Å². The highest BCUT2D eigenvalue weighted by Crippen LogP contribution is 2.20.